The zero-order chi connectivity index (χ0) is 14.7. The Bertz CT molecular complexity index is 575. The molecule has 0 saturated heterocycles. The summed E-state index contributed by atoms with van der Waals surface area (Å²) in [4.78, 5) is 0. The number of nitrogens with one attached hydrogen (secondary N) is 1. The van der Waals surface area contributed by atoms with E-state index in [9.17, 15) is 0 Å². The molecule has 1 saturated carbocycles. The van der Waals surface area contributed by atoms with Crippen LogP contribution in [0, 0.1) is 0 Å². The van der Waals surface area contributed by atoms with Gasteiger partial charge in [0.2, 0.25) is 0 Å². The molecule has 21 heavy (non-hydrogen) atoms. The molecule has 0 heterocycles. The zero-order valence-corrected chi connectivity index (χ0v) is 12.9. The van der Waals surface area contributed by atoms with Gasteiger partial charge < -0.3 is 10.1 Å². The van der Waals surface area contributed by atoms with Crippen molar-refractivity contribution >= 4 is 11.6 Å². The summed E-state index contributed by atoms with van der Waals surface area (Å²) in [5, 5.41) is 4.16. The van der Waals surface area contributed by atoms with Gasteiger partial charge in [-0.15, -0.1) is 0 Å². The van der Waals surface area contributed by atoms with Crippen LogP contribution in [0.5, 0.6) is 5.75 Å². The third-order valence-electron chi connectivity index (χ3n) is 3.81. The smallest absolute Gasteiger partial charge is 0.119 e. The summed E-state index contributed by atoms with van der Waals surface area (Å²) in [6, 6.07) is 16.8. The number of benzene rings is 2. The lowest BCUT2D eigenvalue weighted by Crippen LogP contribution is -2.18. The van der Waals surface area contributed by atoms with Gasteiger partial charge in [-0.05, 0) is 61.7 Å². The summed E-state index contributed by atoms with van der Waals surface area (Å²) < 4.78 is 5.79. The van der Waals surface area contributed by atoms with Gasteiger partial charge in [-0.25, -0.2) is 0 Å². The van der Waals surface area contributed by atoms with Crippen molar-refractivity contribution < 1.29 is 4.74 Å². The van der Waals surface area contributed by atoms with Crippen LogP contribution in [0.15, 0.2) is 48.5 Å². The van der Waals surface area contributed by atoms with E-state index >= 15 is 0 Å². The highest BCUT2D eigenvalue weighted by Gasteiger charge is 2.23. The number of halogens is 1. The van der Waals surface area contributed by atoms with Gasteiger partial charge in [0.1, 0.15) is 5.75 Å². The average molecular weight is 302 g/mol. The van der Waals surface area contributed by atoms with Crippen LogP contribution in [0.25, 0.3) is 0 Å². The van der Waals surface area contributed by atoms with E-state index in [1.54, 1.807) is 0 Å². The Morgan fingerprint density at radius 1 is 1.10 bits per heavy atom. The van der Waals surface area contributed by atoms with Gasteiger partial charge in [-0.1, -0.05) is 35.9 Å². The van der Waals surface area contributed by atoms with E-state index < -0.39 is 0 Å². The Balaban J connectivity index is 1.68. The van der Waals surface area contributed by atoms with Crippen LogP contribution in [-0.2, 0) is 6.42 Å². The van der Waals surface area contributed by atoms with Gasteiger partial charge in [0.25, 0.3) is 0 Å². The van der Waals surface area contributed by atoms with E-state index in [-0.39, 0.29) is 0 Å². The van der Waals surface area contributed by atoms with Crippen LogP contribution in [0.2, 0.25) is 5.02 Å². The van der Waals surface area contributed by atoms with Crippen molar-refractivity contribution in [1.29, 1.82) is 0 Å². The Kier molecular flexibility index (Phi) is 4.47. The lowest BCUT2D eigenvalue weighted by molar-refractivity contribution is 0.303. The first-order valence-electron chi connectivity index (χ1n) is 7.43. The van der Waals surface area contributed by atoms with E-state index in [1.165, 1.54) is 24.0 Å². The third-order valence-corrected chi connectivity index (χ3v) is 4.06. The zero-order valence-electron chi connectivity index (χ0n) is 12.2. The molecule has 1 aliphatic carbocycles. The van der Waals surface area contributed by atoms with Crippen molar-refractivity contribution in [3.05, 3.63) is 64.7 Å². The fourth-order valence-electron chi connectivity index (χ4n) is 2.40. The molecule has 3 heteroatoms. The molecular weight excluding hydrogens is 282 g/mol. The lowest BCUT2D eigenvalue weighted by atomic mass is 9.99. The highest BCUT2D eigenvalue weighted by molar-refractivity contribution is 6.30. The Labute approximate surface area is 131 Å². The first kappa shape index (κ1) is 14.4. The summed E-state index contributed by atoms with van der Waals surface area (Å²) in [7, 11) is 2.00. The molecule has 0 radical (unpaired) electrons. The summed E-state index contributed by atoms with van der Waals surface area (Å²) in [5.74, 6) is 0.975. The average Bonchev–Trinajstić information content (AvgIpc) is 3.32. The van der Waals surface area contributed by atoms with Crippen LogP contribution in [0.4, 0.5) is 0 Å². The molecular formula is C18H20ClNO. The topological polar surface area (TPSA) is 21.3 Å². The number of likely N-dealkylation sites (N-methyl/N-ethyl adjacent to an activating group) is 1. The summed E-state index contributed by atoms with van der Waals surface area (Å²) in [5.41, 5.74) is 2.55. The number of ether oxygens (including phenoxy) is 1. The van der Waals surface area contributed by atoms with E-state index in [0.717, 1.165) is 17.2 Å². The fourth-order valence-corrected chi connectivity index (χ4v) is 2.53. The predicted octanol–water partition coefficient (Wildman–Crippen LogP) is 4.38. The van der Waals surface area contributed by atoms with Crippen molar-refractivity contribution in [2.75, 3.05) is 7.05 Å². The second kappa shape index (κ2) is 6.50. The third kappa shape index (κ3) is 3.99. The van der Waals surface area contributed by atoms with Crippen molar-refractivity contribution in [1.82, 2.24) is 5.32 Å². The molecule has 2 aromatic rings. The fraction of sp³-hybridized carbons (Fsp3) is 0.333. The molecule has 1 atom stereocenters. The summed E-state index contributed by atoms with van der Waals surface area (Å²) in [6.45, 7) is 0. The molecule has 0 aromatic heterocycles. The molecule has 1 N–H and O–H groups in total. The first-order chi connectivity index (χ1) is 10.2. The van der Waals surface area contributed by atoms with Crippen molar-refractivity contribution in [3.63, 3.8) is 0 Å². The second-order valence-corrected chi connectivity index (χ2v) is 5.99. The van der Waals surface area contributed by atoms with Gasteiger partial charge in [0, 0.05) is 11.1 Å². The maximum Gasteiger partial charge on any atom is 0.119 e. The maximum atomic E-state index is 5.93. The van der Waals surface area contributed by atoms with E-state index in [0.29, 0.717) is 12.1 Å². The first-order valence-corrected chi connectivity index (χ1v) is 7.81. The Morgan fingerprint density at radius 3 is 2.33 bits per heavy atom. The van der Waals surface area contributed by atoms with E-state index in [2.05, 4.69) is 41.7 Å². The minimum absolute atomic E-state index is 0.293. The number of hydrogen-bond donors (Lipinski definition) is 1. The van der Waals surface area contributed by atoms with E-state index in [1.807, 2.05) is 19.2 Å². The van der Waals surface area contributed by atoms with Gasteiger partial charge in [-0.3, -0.25) is 0 Å². The van der Waals surface area contributed by atoms with Gasteiger partial charge in [-0.2, -0.15) is 0 Å². The van der Waals surface area contributed by atoms with E-state index in [4.69, 9.17) is 16.3 Å². The molecule has 3 rings (SSSR count). The Hall–Kier alpha value is -1.51. The van der Waals surface area contributed by atoms with Crippen LogP contribution < -0.4 is 10.1 Å². The van der Waals surface area contributed by atoms with Gasteiger partial charge in [0.15, 0.2) is 0 Å². The predicted molar refractivity (Wildman–Crippen MR) is 87.0 cm³/mol. The molecule has 110 valence electrons. The molecule has 1 aliphatic rings. The highest BCUT2D eigenvalue weighted by Crippen LogP contribution is 2.28. The monoisotopic (exact) mass is 301 g/mol. The molecule has 0 bridgehead atoms. The Morgan fingerprint density at radius 2 is 1.76 bits per heavy atom. The van der Waals surface area contributed by atoms with Crippen molar-refractivity contribution in [3.8, 4) is 5.75 Å². The summed E-state index contributed by atoms with van der Waals surface area (Å²) >= 11 is 5.93. The SMILES string of the molecule is CNC(Cc1ccc(Cl)cc1)c1ccc(OC2CC2)cc1. The largest absolute Gasteiger partial charge is 0.490 e. The highest BCUT2D eigenvalue weighted by atomic mass is 35.5. The normalized spacial score (nSPS) is 15.7. The molecule has 0 amide bonds. The van der Waals surface area contributed by atoms with Crippen LogP contribution in [0.1, 0.15) is 30.0 Å². The molecule has 2 aromatic carbocycles. The maximum absolute atomic E-state index is 5.93. The minimum Gasteiger partial charge on any atom is -0.490 e. The van der Waals surface area contributed by atoms with Crippen LogP contribution in [0.3, 0.4) is 0 Å². The minimum atomic E-state index is 0.293. The van der Waals surface area contributed by atoms with Crippen molar-refractivity contribution in [2.45, 2.75) is 31.4 Å². The molecule has 2 nitrogen and oxygen atoms in total. The second-order valence-electron chi connectivity index (χ2n) is 5.56. The number of rotatable bonds is 6. The van der Waals surface area contributed by atoms with Crippen LogP contribution >= 0.6 is 11.6 Å². The van der Waals surface area contributed by atoms with Crippen LogP contribution in [-0.4, -0.2) is 13.2 Å². The summed E-state index contributed by atoms with van der Waals surface area (Å²) in [6.07, 6.45) is 3.77. The molecule has 0 spiro atoms. The van der Waals surface area contributed by atoms with Crippen molar-refractivity contribution in [2.24, 2.45) is 0 Å². The standard InChI is InChI=1S/C18H20ClNO/c1-20-18(12-13-2-6-15(19)7-3-13)14-4-8-16(9-5-14)21-17-10-11-17/h2-9,17-18,20H,10-12H2,1H3. The number of hydrogen-bond acceptors (Lipinski definition) is 2. The van der Waals surface area contributed by atoms with Gasteiger partial charge >= 0.3 is 0 Å². The van der Waals surface area contributed by atoms with Gasteiger partial charge in [0.05, 0.1) is 6.10 Å². The molecule has 1 unspecified atom stereocenters. The quantitative estimate of drug-likeness (QED) is 0.854. The lowest BCUT2D eigenvalue weighted by Gasteiger charge is -2.17. The molecule has 1 fully saturated rings. The molecule has 0 aliphatic heterocycles.